The summed E-state index contributed by atoms with van der Waals surface area (Å²) in [5, 5.41) is 26.3. The molecular weight excluding hydrogens is 652 g/mol. The predicted octanol–water partition coefficient (Wildman–Crippen LogP) is -0.509. The molecule has 8 atom stereocenters. The summed E-state index contributed by atoms with van der Waals surface area (Å²) in [5.74, 6) is -4.12. The summed E-state index contributed by atoms with van der Waals surface area (Å²) in [7, 11) is 0. The number of hydrogen-bond donors (Lipinski definition) is 6. The molecule has 2 aliphatic heterocycles. The zero-order chi connectivity index (χ0) is 34.8. The molecular formula is C33H40N8O7S. The quantitative estimate of drug-likeness (QED) is 0.205. The molecule has 3 aromatic rings. The van der Waals surface area contributed by atoms with Crippen LogP contribution in [0.2, 0.25) is 0 Å². The standard InChI is InChI=1S/C33H40N8O7S/c1-17-27(43)36-22-10-6-9-21(22)28(44)39-26(18(2)42)31(47)37-23(13-19-7-4-3-5-8-19)32(48)41-15-20(14-25(41)30(46)34-17)35-29(45)24-16-40-11-12-49-33(40)38-24/h3-5,7-8,11-12,16-18,20-23,25-26,42H,6,9-10,13-15H2,1-2H3,(H,34,46)(H,35,45)(H,36,43)(H,37,47)(H,39,44)/t17-,18+,20+,21+,22+,23-,25-,26-/m0/s1. The van der Waals surface area contributed by atoms with E-state index in [-0.39, 0.29) is 25.1 Å². The van der Waals surface area contributed by atoms with Crippen molar-refractivity contribution in [3.05, 3.63) is 59.4 Å². The monoisotopic (exact) mass is 692 g/mol. The van der Waals surface area contributed by atoms with Crippen molar-refractivity contribution in [3.8, 4) is 0 Å². The van der Waals surface area contributed by atoms with Gasteiger partial charge >= 0.3 is 0 Å². The minimum atomic E-state index is -1.39. The van der Waals surface area contributed by atoms with E-state index in [4.69, 9.17) is 0 Å². The van der Waals surface area contributed by atoms with Crippen LogP contribution in [0, 0.1) is 5.92 Å². The number of aliphatic hydroxyl groups is 1. The van der Waals surface area contributed by atoms with E-state index in [0.717, 1.165) is 5.56 Å². The van der Waals surface area contributed by atoms with Crippen molar-refractivity contribution in [2.24, 2.45) is 5.92 Å². The van der Waals surface area contributed by atoms with Gasteiger partial charge in [0.05, 0.1) is 12.0 Å². The molecule has 2 aromatic heterocycles. The minimum Gasteiger partial charge on any atom is -0.391 e. The van der Waals surface area contributed by atoms with Gasteiger partial charge in [-0.15, -0.1) is 11.3 Å². The molecule has 1 aliphatic carbocycles. The minimum absolute atomic E-state index is 0.0443. The second-order valence-corrected chi connectivity index (χ2v) is 13.9. The fraction of sp³-hybridized carbons (Fsp3) is 0.485. The molecule has 3 aliphatic rings. The zero-order valence-electron chi connectivity index (χ0n) is 27.1. The van der Waals surface area contributed by atoms with Crippen molar-refractivity contribution >= 4 is 51.7 Å². The van der Waals surface area contributed by atoms with Gasteiger partial charge in [-0.3, -0.25) is 33.2 Å². The van der Waals surface area contributed by atoms with Gasteiger partial charge in [-0.2, -0.15) is 0 Å². The van der Waals surface area contributed by atoms with Crippen LogP contribution in [0.1, 0.15) is 55.6 Å². The highest BCUT2D eigenvalue weighted by Crippen LogP contribution is 2.27. The first-order valence-corrected chi connectivity index (χ1v) is 17.3. The third-order valence-electron chi connectivity index (χ3n) is 9.44. The molecule has 15 nitrogen and oxygen atoms in total. The van der Waals surface area contributed by atoms with Crippen LogP contribution in [0.15, 0.2) is 48.1 Å². The van der Waals surface area contributed by atoms with E-state index in [1.54, 1.807) is 41.1 Å². The number of carbonyl (C=O) groups is 6. The first-order valence-electron chi connectivity index (χ1n) is 16.5. The molecule has 6 N–H and O–H groups in total. The van der Waals surface area contributed by atoms with Crippen LogP contribution in [-0.4, -0.2) is 104 Å². The topological polar surface area (TPSA) is 203 Å². The van der Waals surface area contributed by atoms with Crippen LogP contribution < -0.4 is 26.6 Å². The molecule has 1 aromatic carbocycles. The molecule has 6 rings (SSSR count). The highest BCUT2D eigenvalue weighted by Gasteiger charge is 2.45. The van der Waals surface area contributed by atoms with Gasteiger partial charge in [0.1, 0.15) is 29.9 Å². The van der Waals surface area contributed by atoms with E-state index in [1.165, 1.54) is 30.1 Å². The summed E-state index contributed by atoms with van der Waals surface area (Å²) in [6.07, 6.45) is 3.79. The maximum Gasteiger partial charge on any atom is 0.271 e. The Labute approximate surface area is 286 Å². The number of nitrogens with zero attached hydrogens (tertiary/aromatic N) is 3. The summed E-state index contributed by atoms with van der Waals surface area (Å²) in [5.41, 5.74) is 0.899. The average molecular weight is 693 g/mol. The van der Waals surface area contributed by atoms with Crippen molar-refractivity contribution in [1.82, 2.24) is 40.9 Å². The first kappa shape index (κ1) is 34.0. The van der Waals surface area contributed by atoms with Gasteiger partial charge in [0, 0.05) is 42.8 Å². The van der Waals surface area contributed by atoms with Crippen LogP contribution in [0.25, 0.3) is 4.96 Å². The number of amides is 6. The smallest absolute Gasteiger partial charge is 0.271 e. The predicted molar refractivity (Wildman–Crippen MR) is 177 cm³/mol. The summed E-state index contributed by atoms with van der Waals surface area (Å²) in [6, 6.07) is 3.10. The van der Waals surface area contributed by atoms with E-state index >= 15 is 0 Å². The third kappa shape index (κ3) is 7.44. The number of fused-ring (bicyclic) bond motifs is 3. The fourth-order valence-corrected chi connectivity index (χ4v) is 7.54. The maximum atomic E-state index is 14.4. The molecule has 49 heavy (non-hydrogen) atoms. The average Bonchev–Trinajstić information content (AvgIpc) is 3.87. The normalized spacial score (nSPS) is 29.0. The highest BCUT2D eigenvalue weighted by atomic mass is 32.1. The van der Waals surface area contributed by atoms with Gasteiger partial charge in [0.15, 0.2) is 4.96 Å². The van der Waals surface area contributed by atoms with Crippen LogP contribution in [0.5, 0.6) is 0 Å². The lowest BCUT2D eigenvalue weighted by Crippen LogP contribution is -2.61. The number of aromatic nitrogens is 2. The van der Waals surface area contributed by atoms with Crippen molar-refractivity contribution in [2.45, 2.75) is 88.3 Å². The summed E-state index contributed by atoms with van der Waals surface area (Å²) < 4.78 is 1.72. The van der Waals surface area contributed by atoms with Gasteiger partial charge in [0.25, 0.3) is 5.91 Å². The summed E-state index contributed by atoms with van der Waals surface area (Å²) >= 11 is 1.37. The van der Waals surface area contributed by atoms with E-state index in [1.807, 2.05) is 11.4 Å². The molecule has 6 amide bonds. The van der Waals surface area contributed by atoms with Crippen molar-refractivity contribution in [1.29, 1.82) is 0 Å². The number of carbonyl (C=O) groups excluding carboxylic acids is 6. The fourth-order valence-electron chi connectivity index (χ4n) is 6.84. The van der Waals surface area contributed by atoms with Crippen molar-refractivity contribution in [2.75, 3.05) is 6.54 Å². The summed E-state index contributed by atoms with van der Waals surface area (Å²) in [4.78, 5) is 88.1. The van der Waals surface area contributed by atoms with Gasteiger partial charge in [-0.1, -0.05) is 36.8 Å². The molecule has 1 saturated carbocycles. The van der Waals surface area contributed by atoms with Crippen LogP contribution in [-0.2, 0) is 30.4 Å². The van der Waals surface area contributed by atoms with Gasteiger partial charge in [-0.05, 0) is 38.7 Å². The Morgan fingerprint density at radius 3 is 2.53 bits per heavy atom. The van der Waals surface area contributed by atoms with Gasteiger partial charge in [-0.25, -0.2) is 4.98 Å². The number of thiazole rings is 1. The number of rotatable bonds is 5. The van der Waals surface area contributed by atoms with Crippen molar-refractivity contribution < 1.29 is 33.9 Å². The Morgan fingerprint density at radius 1 is 1.02 bits per heavy atom. The number of hydrogen-bond acceptors (Lipinski definition) is 9. The lowest BCUT2D eigenvalue weighted by molar-refractivity contribution is -0.143. The molecule has 16 heteroatoms. The summed E-state index contributed by atoms with van der Waals surface area (Å²) in [6.45, 7) is 2.82. The Balaban J connectivity index is 1.32. The molecule has 4 heterocycles. The van der Waals surface area contributed by atoms with E-state index < -0.39 is 83.7 Å². The zero-order valence-corrected chi connectivity index (χ0v) is 27.9. The molecule has 0 bridgehead atoms. The molecule has 0 unspecified atom stereocenters. The lowest BCUT2D eigenvalue weighted by atomic mass is 10.00. The molecule has 260 valence electrons. The van der Waals surface area contributed by atoms with Crippen LogP contribution in [0.3, 0.4) is 0 Å². The van der Waals surface area contributed by atoms with E-state index in [2.05, 4.69) is 31.6 Å². The first-order chi connectivity index (χ1) is 23.5. The Morgan fingerprint density at radius 2 is 1.80 bits per heavy atom. The third-order valence-corrected chi connectivity index (χ3v) is 10.2. The lowest BCUT2D eigenvalue weighted by Gasteiger charge is -2.32. The molecule has 2 saturated heterocycles. The Hall–Kier alpha value is -4.83. The molecule has 0 spiro atoms. The molecule has 0 radical (unpaired) electrons. The second-order valence-electron chi connectivity index (χ2n) is 13.0. The second kappa shape index (κ2) is 14.3. The highest BCUT2D eigenvalue weighted by molar-refractivity contribution is 7.15. The number of nitrogens with one attached hydrogen (secondary N) is 5. The Kier molecular flexibility index (Phi) is 9.96. The molecule has 3 fully saturated rings. The van der Waals surface area contributed by atoms with E-state index in [9.17, 15) is 33.9 Å². The number of benzene rings is 1. The SMILES string of the molecule is C[C@@H]1NC(=O)[C@@H]2C[C@@H](NC(=O)c3cn4ccsc4n3)CN2C(=O)[C@H](Cc2ccccc2)NC(=O)[C@H]([C@@H](C)O)NC(=O)[C@@H]2CCC[C@H]2NC1=O. The van der Waals surface area contributed by atoms with Crippen LogP contribution in [0.4, 0.5) is 0 Å². The van der Waals surface area contributed by atoms with E-state index in [0.29, 0.717) is 24.2 Å². The van der Waals surface area contributed by atoms with Gasteiger partial charge in [0.2, 0.25) is 29.5 Å². The van der Waals surface area contributed by atoms with Crippen molar-refractivity contribution in [3.63, 3.8) is 0 Å². The van der Waals surface area contributed by atoms with Gasteiger partial charge < -0.3 is 36.6 Å². The largest absolute Gasteiger partial charge is 0.391 e. The van der Waals surface area contributed by atoms with Crippen LogP contribution >= 0.6 is 11.3 Å². The maximum absolute atomic E-state index is 14.4. The number of aliphatic hydroxyl groups excluding tert-OH is 1. The Bertz CT molecular complexity index is 1710. The number of imidazole rings is 1.